The van der Waals surface area contributed by atoms with Crippen molar-refractivity contribution in [3.05, 3.63) is 24.4 Å². The quantitative estimate of drug-likeness (QED) is 0.728. The second-order valence-electron chi connectivity index (χ2n) is 7.91. The maximum atomic E-state index is 12.9. The molecule has 0 saturated heterocycles. The number of hydrogen-bond acceptors (Lipinski definition) is 5. The van der Waals surface area contributed by atoms with Crippen LogP contribution in [0.4, 0.5) is 5.82 Å². The van der Waals surface area contributed by atoms with E-state index in [1.54, 1.807) is 6.20 Å². The van der Waals surface area contributed by atoms with Gasteiger partial charge in [-0.05, 0) is 55.2 Å². The molecule has 150 valence electrons. The van der Waals surface area contributed by atoms with E-state index in [9.17, 15) is 4.79 Å². The Balaban J connectivity index is 0.00000192. The van der Waals surface area contributed by atoms with E-state index < -0.39 is 0 Å². The number of halogens is 1. The predicted octanol–water partition coefficient (Wildman–Crippen LogP) is 3.32. The Morgan fingerprint density at radius 3 is 2.71 bits per heavy atom. The van der Waals surface area contributed by atoms with Crippen molar-refractivity contribution < 1.29 is 14.3 Å². The van der Waals surface area contributed by atoms with Crippen LogP contribution in [0, 0.1) is 17.8 Å². The lowest BCUT2D eigenvalue weighted by molar-refractivity contribution is -0.122. The minimum Gasteiger partial charge on any atom is -0.454 e. The molecule has 1 aromatic heterocycles. The van der Waals surface area contributed by atoms with Crippen molar-refractivity contribution in [2.24, 2.45) is 23.5 Å². The molecule has 1 aromatic carbocycles. The summed E-state index contributed by atoms with van der Waals surface area (Å²) in [6.07, 6.45) is 7.03. The van der Waals surface area contributed by atoms with Crippen LogP contribution in [0.5, 0.6) is 11.5 Å². The van der Waals surface area contributed by atoms with E-state index in [1.165, 1.54) is 6.42 Å². The van der Waals surface area contributed by atoms with Crippen LogP contribution in [0.2, 0.25) is 0 Å². The standard InChI is InChI=1S/C20H24N4O3.ClH/c21-18-12-2-1-3-13(18)7-14(6-12)20(25)23-19-15(9-22-24-19)11-4-5-16-17(8-11)27-10-26-16;/h4-5,8-9,12-14,18H,1-3,6-7,10,21H2,(H2,22,23,24,25);1H. The zero-order valence-electron chi connectivity index (χ0n) is 15.5. The van der Waals surface area contributed by atoms with E-state index >= 15 is 0 Å². The number of nitrogens with one attached hydrogen (secondary N) is 2. The fourth-order valence-electron chi connectivity index (χ4n) is 4.89. The maximum absolute atomic E-state index is 12.9. The van der Waals surface area contributed by atoms with Gasteiger partial charge in [0.1, 0.15) is 5.82 Å². The highest BCUT2D eigenvalue weighted by molar-refractivity contribution is 5.95. The molecule has 4 N–H and O–H groups in total. The van der Waals surface area contributed by atoms with Gasteiger partial charge in [-0.2, -0.15) is 5.10 Å². The third-order valence-electron chi connectivity index (χ3n) is 6.35. The van der Waals surface area contributed by atoms with Crippen LogP contribution in [-0.4, -0.2) is 28.9 Å². The van der Waals surface area contributed by atoms with Crippen LogP contribution in [-0.2, 0) is 4.79 Å². The number of aromatic nitrogens is 2. The molecule has 2 saturated carbocycles. The number of anilines is 1. The number of H-pyrrole nitrogens is 1. The molecule has 2 atom stereocenters. The highest BCUT2D eigenvalue weighted by atomic mass is 35.5. The lowest BCUT2D eigenvalue weighted by Gasteiger charge is -2.43. The van der Waals surface area contributed by atoms with Gasteiger partial charge in [0.2, 0.25) is 12.7 Å². The Kier molecular flexibility index (Phi) is 5.21. The Labute approximate surface area is 169 Å². The van der Waals surface area contributed by atoms with E-state index in [4.69, 9.17) is 15.2 Å². The number of amides is 1. The molecule has 0 radical (unpaired) electrons. The number of fused-ring (bicyclic) bond motifs is 3. The highest BCUT2D eigenvalue weighted by Gasteiger charge is 2.40. The van der Waals surface area contributed by atoms with Crippen LogP contribution >= 0.6 is 12.4 Å². The second-order valence-corrected chi connectivity index (χ2v) is 7.91. The van der Waals surface area contributed by atoms with E-state index in [0.29, 0.717) is 23.4 Å². The second kappa shape index (κ2) is 7.64. The zero-order chi connectivity index (χ0) is 18.4. The lowest BCUT2D eigenvalue weighted by Crippen LogP contribution is -2.48. The van der Waals surface area contributed by atoms with Gasteiger partial charge < -0.3 is 20.5 Å². The van der Waals surface area contributed by atoms with E-state index in [1.807, 2.05) is 18.2 Å². The number of hydrogen-bond donors (Lipinski definition) is 3. The van der Waals surface area contributed by atoms with Crippen molar-refractivity contribution in [1.82, 2.24) is 10.2 Å². The molecular weight excluding hydrogens is 380 g/mol. The summed E-state index contributed by atoms with van der Waals surface area (Å²) in [5, 5.41) is 10.1. The molecule has 1 aliphatic heterocycles. The molecule has 2 unspecified atom stereocenters. The minimum atomic E-state index is 0. The summed E-state index contributed by atoms with van der Waals surface area (Å²) >= 11 is 0. The van der Waals surface area contributed by atoms with Gasteiger partial charge in [0.05, 0.1) is 6.20 Å². The summed E-state index contributed by atoms with van der Waals surface area (Å²) < 4.78 is 10.8. The maximum Gasteiger partial charge on any atom is 0.231 e. The fraction of sp³-hybridized carbons (Fsp3) is 0.500. The van der Waals surface area contributed by atoms with Gasteiger partial charge >= 0.3 is 0 Å². The molecule has 5 rings (SSSR count). The zero-order valence-corrected chi connectivity index (χ0v) is 16.3. The summed E-state index contributed by atoms with van der Waals surface area (Å²) in [5.74, 6) is 3.10. The number of carbonyl (C=O) groups is 1. The molecule has 28 heavy (non-hydrogen) atoms. The summed E-state index contributed by atoms with van der Waals surface area (Å²) in [5.41, 5.74) is 8.12. The highest BCUT2D eigenvalue weighted by Crippen LogP contribution is 2.42. The van der Waals surface area contributed by atoms with Gasteiger partial charge in [-0.25, -0.2) is 0 Å². The summed E-state index contributed by atoms with van der Waals surface area (Å²) in [6.45, 7) is 0.236. The molecule has 1 amide bonds. The van der Waals surface area contributed by atoms with Gasteiger partial charge in [0.15, 0.2) is 11.5 Å². The molecular formula is C20H25ClN4O3. The Morgan fingerprint density at radius 1 is 1.18 bits per heavy atom. The van der Waals surface area contributed by atoms with Gasteiger partial charge in [0.25, 0.3) is 0 Å². The topological polar surface area (TPSA) is 102 Å². The number of benzene rings is 1. The SMILES string of the molecule is Cl.NC1C2CCCC1CC(C(=O)Nc1[nH]ncc1-c1ccc3c(c1)OCO3)C2. The largest absolute Gasteiger partial charge is 0.454 e. The molecule has 0 spiro atoms. The molecule has 2 aromatic rings. The lowest BCUT2D eigenvalue weighted by atomic mass is 9.65. The van der Waals surface area contributed by atoms with E-state index in [2.05, 4.69) is 15.5 Å². The van der Waals surface area contributed by atoms with Gasteiger partial charge in [0, 0.05) is 17.5 Å². The number of carbonyl (C=O) groups excluding carboxylic acids is 1. The summed E-state index contributed by atoms with van der Waals surface area (Å²) in [4.78, 5) is 12.9. The molecule has 3 aliphatic rings. The third kappa shape index (κ3) is 3.33. The minimum absolute atomic E-state index is 0. The first-order chi connectivity index (χ1) is 13.2. The summed E-state index contributed by atoms with van der Waals surface area (Å²) in [7, 11) is 0. The first-order valence-corrected chi connectivity index (χ1v) is 9.69. The average Bonchev–Trinajstić information content (AvgIpc) is 3.29. The van der Waals surface area contributed by atoms with Crippen molar-refractivity contribution in [2.75, 3.05) is 12.1 Å². The Morgan fingerprint density at radius 2 is 1.93 bits per heavy atom. The van der Waals surface area contributed by atoms with E-state index in [-0.39, 0.29) is 37.1 Å². The number of ether oxygens (including phenoxy) is 2. The average molecular weight is 405 g/mol. The Hall–Kier alpha value is -2.25. The fourth-order valence-corrected chi connectivity index (χ4v) is 4.89. The number of aromatic amines is 1. The van der Waals surface area contributed by atoms with Crippen molar-refractivity contribution in [3.8, 4) is 22.6 Å². The van der Waals surface area contributed by atoms with Crippen LogP contribution in [0.25, 0.3) is 11.1 Å². The molecule has 8 heteroatoms. The van der Waals surface area contributed by atoms with Crippen LogP contribution < -0.4 is 20.5 Å². The van der Waals surface area contributed by atoms with Crippen molar-refractivity contribution in [3.63, 3.8) is 0 Å². The summed E-state index contributed by atoms with van der Waals surface area (Å²) in [6, 6.07) is 5.99. The van der Waals surface area contributed by atoms with Crippen molar-refractivity contribution in [1.29, 1.82) is 0 Å². The van der Waals surface area contributed by atoms with E-state index in [0.717, 1.165) is 42.6 Å². The number of nitrogens with two attached hydrogens (primary N) is 1. The molecule has 2 aliphatic carbocycles. The number of rotatable bonds is 3. The van der Waals surface area contributed by atoms with Gasteiger partial charge in [-0.1, -0.05) is 12.5 Å². The first-order valence-electron chi connectivity index (χ1n) is 9.69. The third-order valence-corrected chi connectivity index (χ3v) is 6.35. The smallest absolute Gasteiger partial charge is 0.231 e. The first kappa shape index (κ1) is 19.1. The predicted molar refractivity (Wildman–Crippen MR) is 108 cm³/mol. The van der Waals surface area contributed by atoms with Crippen LogP contribution in [0.3, 0.4) is 0 Å². The number of nitrogens with zero attached hydrogens (tertiary/aromatic N) is 1. The monoisotopic (exact) mass is 404 g/mol. The molecule has 2 fully saturated rings. The molecule has 7 nitrogen and oxygen atoms in total. The van der Waals surface area contributed by atoms with Crippen molar-refractivity contribution in [2.45, 2.75) is 38.1 Å². The van der Waals surface area contributed by atoms with Crippen LogP contribution in [0.1, 0.15) is 32.1 Å². The molecule has 2 bridgehead atoms. The molecule has 2 heterocycles. The van der Waals surface area contributed by atoms with Crippen molar-refractivity contribution >= 4 is 24.1 Å². The van der Waals surface area contributed by atoms with Gasteiger partial charge in [-0.3, -0.25) is 9.89 Å². The van der Waals surface area contributed by atoms with Gasteiger partial charge in [-0.15, -0.1) is 12.4 Å². The van der Waals surface area contributed by atoms with Crippen LogP contribution in [0.15, 0.2) is 24.4 Å². The Bertz CT molecular complexity index is 857. The normalized spacial score (nSPS) is 27.8.